The minimum absolute atomic E-state index is 0.139. The number of amides is 1. The van der Waals surface area contributed by atoms with E-state index in [0.29, 0.717) is 11.3 Å². The first kappa shape index (κ1) is 14.5. The Hall–Kier alpha value is -3.39. The van der Waals surface area contributed by atoms with E-state index in [9.17, 15) is 4.79 Å². The number of carbonyl (C=O) groups excluding carboxylic acids is 1. The van der Waals surface area contributed by atoms with E-state index in [2.05, 4.69) is 10.3 Å². The summed E-state index contributed by atoms with van der Waals surface area (Å²) in [5.41, 5.74) is 2.85. The van der Waals surface area contributed by atoms with Crippen LogP contribution in [-0.4, -0.2) is 11.1 Å². The molecule has 0 bridgehead atoms. The number of benzene rings is 2. The van der Waals surface area contributed by atoms with Crippen LogP contribution in [0, 0.1) is 11.3 Å². The van der Waals surface area contributed by atoms with Crippen LogP contribution >= 0.6 is 0 Å². The average molecular weight is 303 g/mol. The zero-order valence-corrected chi connectivity index (χ0v) is 12.2. The minimum atomic E-state index is -0.536. The molecule has 112 valence electrons. The SMILES string of the molecule is N#Cc1ccc(COC(=O)Nc2cccc3ncccc23)cc1. The number of ether oxygens (including phenoxy) is 1. The van der Waals surface area contributed by atoms with Gasteiger partial charge in [0, 0.05) is 11.6 Å². The highest BCUT2D eigenvalue weighted by atomic mass is 16.5. The summed E-state index contributed by atoms with van der Waals surface area (Å²) in [5.74, 6) is 0. The quantitative estimate of drug-likeness (QED) is 0.797. The highest BCUT2D eigenvalue weighted by molar-refractivity contribution is 5.98. The number of hydrogen-bond acceptors (Lipinski definition) is 4. The van der Waals surface area contributed by atoms with Crippen LogP contribution in [0.15, 0.2) is 60.8 Å². The third-order valence-electron chi connectivity index (χ3n) is 3.34. The molecule has 1 N–H and O–H groups in total. The van der Waals surface area contributed by atoms with Gasteiger partial charge in [-0.3, -0.25) is 10.3 Å². The molecule has 0 atom stereocenters. The molecular formula is C18H13N3O2. The predicted octanol–water partition coefficient (Wildman–Crippen LogP) is 3.86. The van der Waals surface area contributed by atoms with Crippen LogP contribution in [0.3, 0.4) is 0 Å². The molecule has 3 aromatic rings. The number of pyridine rings is 1. The standard InChI is InChI=1S/C18H13N3O2/c19-11-13-6-8-14(9-7-13)12-23-18(22)21-17-5-1-4-16-15(17)3-2-10-20-16/h1-10H,12H2,(H,21,22). The summed E-state index contributed by atoms with van der Waals surface area (Å²) in [6.45, 7) is 0.139. The van der Waals surface area contributed by atoms with E-state index in [-0.39, 0.29) is 6.61 Å². The molecule has 5 nitrogen and oxygen atoms in total. The molecule has 0 unspecified atom stereocenters. The molecule has 0 aliphatic carbocycles. The molecule has 0 fully saturated rings. The van der Waals surface area contributed by atoms with Gasteiger partial charge in [-0.05, 0) is 42.0 Å². The normalized spacial score (nSPS) is 10.0. The van der Waals surface area contributed by atoms with Gasteiger partial charge in [0.05, 0.1) is 22.8 Å². The van der Waals surface area contributed by atoms with Crippen LogP contribution in [0.4, 0.5) is 10.5 Å². The summed E-state index contributed by atoms with van der Waals surface area (Å²) in [5, 5.41) is 12.3. The molecule has 3 rings (SSSR count). The van der Waals surface area contributed by atoms with Crippen molar-refractivity contribution in [3.8, 4) is 6.07 Å². The summed E-state index contributed by atoms with van der Waals surface area (Å²) in [6.07, 6.45) is 1.17. The Morgan fingerprint density at radius 3 is 2.74 bits per heavy atom. The summed E-state index contributed by atoms with van der Waals surface area (Å²) in [6, 6.07) is 18.1. The first-order valence-electron chi connectivity index (χ1n) is 7.03. The Morgan fingerprint density at radius 2 is 1.96 bits per heavy atom. The van der Waals surface area contributed by atoms with Crippen molar-refractivity contribution >= 4 is 22.7 Å². The fourth-order valence-electron chi connectivity index (χ4n) is 2.18. The molecule has 0 aliphatic heterocycles. The van der Waals surface area contributed by atoms with Gasteiger partial charge in [-0.2, -0.15) is 5.26 Å². The van der Waals surface area contributed by atoms with Crippen molar-refractivity contribution < 1.29 is 9.53 Å². The van der Waals surface area contributed by atoms with Crippen LogP contribution in [0.25, 0.3) is 10.9 Å². The molecule has 0 spiro atoms. The van der Waals surface area contributed by atoms with Gasteiger partial charge in [0.2, 0.25) is 0 Å². The number of nitrogens with one attached hydrogen (secondary N) is 1. The molecule has 0 saturated carbocycles. The summed E-state index contributed by atoms with van der Waals surface area (Å²) >= 11 is 0. The van der Waals surface area contributed by atoms with Gasteiger partial charge >= 0.3 is 6.09 Å². The van der Waals surface area contributed by atoms with Gasteiger partial charge in [-0.25, -0.2) is 4.79 Å². The largest absolute Gasteiger partial charge is 0.444 e. The number of aromatic nitrogens is 1. The van der Waals surface area contributed by atoms with E-state index in [1.54, 1.807) is 36.5 Å². The number of hydrogen-bond donors (Lipinski definition) is 1. The van der Waals surface area contributed by atoms with Gasteiger partial charge in [-0.15, -0.1) is 0 Å². The summed E-state index contributed by atoms with van der Waals surface area (Å²) < 4.78 is 5.20. The number of fused-ring (bicyclic) bond motifs is 1. The second-order valence-corrected chi connectivity index (χ2v) is 4.89. The lowest BCUT2D eigenvalue weighted by Crippen LogP contribution is -2.13. The molecule has 1 heterocycles. The first-order valence-corrected chi connectivity index (χ1v) is 7.03. The highest BCUT2D eigenvalue weighted by Crippen LogP contribution is 2.21. The maximum absolute atomic E-state index is 11.9. The Labute approximate surface area is 133 Å². The third kappa shape index (κ3) is 3.44. The topological polar surface area (TPSA) is 75.0 Å². The first-order chi connectivity index (χ1) is 11.3. The highest BCUT2D eigenvalue weighted by Gasteiger charge is 2.07. The lowest BCUT2D eigenvalue weighted by molar-refractivity contribution is 0.155. The Balaban J connectivity index is 1.65. The number of rotatable bonds is 3. The Bertz CT molecular complexity index is 877. The van der Waals surface area contributed by atoms with Crippen molar-refractivity contribution in [2.24, 2.45) is 0 Å². The van der Waals surface area contributed by atoms with Crippen molar-refractivity contribution in [2.45, 2.75) is 6.61 Å². The van der Waals surface area contributed by atoms with Crippen molar-refractivity contribution in [3.63, 3.8) is 0 Å². The van der Waals surface area contributed by atoms with Crippen LogP contribution in [0.2, 0.25) is 0 Å². The van der Waals surface area contributed by atoms with E-state index in [4.69, 9.17) is 10.00 Å². The van der Waals surface area contributed by atoms with Gasteiger partial charge in [0.1, 0.15) is 6.61 Å². The average Bonchev–Trinajstić information content (AvgIpc) is 2.61. The van der Waals surface area contributed by atoms with Gasteiger partial charge in [-0.1, -0.05) is 18.2 Å². The number of anilines is 1. The second kappa shape index (κ2) is 6.58. The smallest absolute Gasteiger partial charge is 0.411 e. The Morgan fingerprint density at radius 1 is 1.13 bits per heavy atom. The number of nitrogens with zero attached hydrogens (tertiary/aromatic N) is 2. The lowest BCUT2D eigenvalue weighted by atomic mass is 10.2. The molecule has 0 radical (unpaired) electrons. The molecule has 23 heavy (non-hydrogen) atoms. The van der Waals surface area contributed by atoms with Crippen molar-refractivity contribution in [2.75, 3.05) is 5.32 Å². The molecular weight excluding hydrogens is 290 g/mol. The van der Waals surface area contributed by atoms with E-state index in [1.807, 2.05) is 30.3 Å². The second-order valence-electron chi connectivity index (χ2n) is 4.89. The van der Waals surface area contributed by atoms with Crippen LogP contribution in [-0.2, 0) is 11.3 Å². The molecule has 5 heteroatoms. The zero-order valence-electron chi connectivity index (χ0n) is 12.2. The zero-order chi connectivity index (χ0) is 16.1. The molecule has 1 amide bonds. The fourth-order valence-corrected chi connectivity index (χ4v) is 2.18. The van der Waals surface area contributed by atoms with Gasteiger partial charge in [0.15, 0.2) is 0 Å². The van der Waals surface area contributed by atoms with Crippen molar-refractivity contribution in [1.82, 2.24) is 4.98 Å². The summed E-state index contributed by atoms with van der Waals surface area (Å²) in [4.78, 5) is 16.2. The molecule has 2 aromatic carbocycles. The van der Waals surface area contributed by atoms with E-state index >= 15 is 0 Å². The third-order valence-corrected chi connectivity index (χ3v) is 3.34. The van der Waals surface area contributed by atoms with Crippen molar-refractivity contribution in [3.05, 3.63) is 71.9 Å². The maximum atomic E-state index is 11.9. The van der Waals surface area contributed by atoms with Crippen LogP contribution in [0.1, 0.15) is 11.1 Å². The van der Waals surface area contributed by atoms with E-state index in [1.165, 1.54) is 0 Å². The Kier molecular flexibility index (Phi) is 4.16. The number of carbonyl (C=O) groups is 1. The van der Waals surface area contributed by atoms with Gasteiger partial charge in [0.25, 0.3) is 0 Å². The molecule has 0 aliphatic rings. The van der Waals surface area contributed by atoms with Crippen LogP contribution in [0.5, 0.6) is 0 Å². The van der Waals surface area contributed by atoms with Crippen molar-refractivity contribution in [1.29, 1.82) is 5.26 Å². The minimum Gasteiger partial charge on any atom is -0.444 e. The monoisotopic (exact) mass is 303 g/mol. The van der Waals surface area contributed by atoms with E-state index < -0.39 is 6.09 Å². The predicted molar refractivity (Wildman–Crippen MR) is 86.7 cm³/mol. The van der Waals surface area contributed by atoms with E-state index in [0.717, 1.165) is 16.5 Å². The lowest BCUT2D eigenvalue weighted by Gasteiger charge is -2.09. The maximum Gasteiger partial charge on any atom is 0.411 e. The van der Waals surface area contributed by atoms with Crippen LogP contribution < -0.4 is 5.32 Å². The summed E-state index contributed by atoms with van der Waals surface area (Å²) in [7, 11) is 0. The van der Waals surface area contributed by atoms with Gasteiger partial charge < -0.3 is 4.74 Å². The fraction of sp³-hybridized carbons (Fsp3) is 0.0556. The molecule has 0 saturated heterocycles. The molecule has 1 aromatic heterocycles. The number of nitriles is 1.